The van der Waals surface area contributed by atoms with Gasteiger partial charge in [0.25, 0.3) is 0 Å². The van der Waals surface area contributed by atoms with Gasteiger partial charge in [0.1, 0.15) is 23.4 Å². The molecule has 0 aromatic heterocycles. The highest BCUT2D eigenvalue weighted by Gasteiger charge is 2.37. The molecule has 2 unspecified atom stereocenters. The zero-order valence-corrected chi connectivity index (χ0v) is 20.7. The van der Waals surface area contributed by atoms with E-state index in [0.717, 1.165) is 0 Å². The lowest BCUT2D eigenvalue weighted by Gasteiger charge is -2.35. The van der Waals surface area contributed by atoms with Crippen LogP contribution in [0.3, 0.4) is 0 Å². The Labute approximate surface area is 200 Å². The van der Waals surface area contributed by atoms with E-state index in [4.69, 9.17) is 10.5 Å². The second kappa shape index (κ2) is 11.5. The van der Waals surface area contributed by atoms with Crippen LogP contribution >= 0.6 is 0 Å². The molecule has 1 aromatic carbocycles. The van der Waals surface area contributed by atoms with Crippen LogP contribution in [0.2, 0.25) is 0 Å². The van der Waals surface area contributed by atoms with Crippen molar-refractivity contribution in [1.29, 1.82) is 0 Å². The molecular formula is C24H36N4O6. The lowest BCUT2D eigenvalue weighted by Crippen LogP contribution is -2.55. The number of carbonyl (C=O) groups excluding carboxylic acids is 4. The number of rotatable bonds is 9. The minimum atomic E-state index is -1.38. The molecule has 0 saturated carbocycles. The van der Waals surface area contributed by atoms with E-state index in [1.807, 2.05) is 0 Å². The van der Waals surface area contributed by atoms with Gasteiger partial charge < -0.3 is 31.1 Å². The number of carbonyl (C=O) groups is 4. The maximum Gasteiger partial charge on any atom is 0.408 e. The summed E-state index contributed by atoms with van der Waals surface area (Å²) in [5.74, 6) is -2.07. The van der Waals surface area contributed by atoms with Crippen molar-refractivity contribution in [1.82, 2.24) is 15.5 Å². The molecule has 1 rings (SSSR count). The summed E-state index contributed by atoms with van der Waals surface area (Å²) >= 11 is 0. The van der Waals surface area contributed by atoms with E-state index in [1.54, 1.807) is 41.5 Å². The van der Waals surface area contributed by atoms with Crippen LogP contribution in [0.1, 0.15) is 59.6 Å². The van der Waals surface area contributed by atoms with Crippen LogP contribution in [0.4, 0.5) is 4.79 Å². The molecule has 34 heavy (non-hydrogen) atoms. The van der Waals surface area contributed by atoms with E-state index in [-0.39, 0.29) is 12.3 Å². The second-order valence-electron chi connectivity index (χ2n) is 9.88. The van der Waals surface area contributed by atoms with Crippen molar-refractivity contribution in [2.45, 2.75) is 71.2 Å². The van der Waals surface area contributed by atoms with Crippen LogP contribution in [0.5, 0.6) is 5.75 Å². The van der Waals surface area contributed by atoms with Crippen molar-refractivity contribution in [3.63, 3.8) is 0 Å². The van der Waals surface area contributed by atoms with E-state index in [1.165, 1.54) is 35.2 Å². The van der Waals surface area contributed by atoms with Crippen molar-refractivity contribution in [2.24, 2.45) is 5.73 Å². The van der Waals surface area contributed by atoms with Crippen LogP contribution in [0.15, 0.2) is 36.9 Å². The average Bonchev–Trinajstić information content (AvgIpc) is 2.64. The number of primary amides is 1. The third kappa shape index (κ3) is 9.51. The van der Waals surface area contributed by atoms with Gasteiger partial charge in [-0.3, -0.25) is 14.4 Å². The zero-order chi connectivity index (χ0) is 26.3. The third-order valence-electron chi connectivity index (χ3n) is 4.27. The topological polar surface area (TPSA) is 151 Å². The smallest absolute Gasteiger partial charge is 0.408 e. The van der Waals surface area contributed by atoms with E-state index in [2.05, 4.69) is 17.2 Å². The summed E-state index contributed by atoms with van der Waals surface area (Å²) in [7, 11) is 0. The number of benzene rings is 1. The fraction of sp³-hybridized carbons (Fsp3) is 0.500. The molecule has 0 saturated heterocycles. The maximum absolute atomic E-state index is 13.6. The molecule has 0 aliphatic carbocycles. The molecule has 0 spiro atoms. The predicted octanol–water partition coefficient (Wildman–Crippen LogP) is 2.13. The molecular weight excluding hydrogens is 440 g/mol. The van der Waals surface area contributed by atoms with Crippen LogP contribution in [-0.2, 0) is 19.1 Å². The Morgan fingerprint density at radius 1 is 1.12 bits per heavy atom. The highest BCUT2D eigenvalue weighted by atomic mass is 16.6. The Morgan fingerprint density at radius 2 is 1.68 bits per heavy atom. The number of aromatic hydroxyl groups is 1. The fourth-order valence-corrected chi connectivity index (χ4v) is 3.08. The first-order valence-electron chi connectivity index (χ1n) is 10.8. The summed E-state index contributed by atoms with van der Waals surface area (Å²) in [6.45, 7) is 13.9. The minimum Gasteiger partial charge on any atom is -0.508 e. The Kier molecular flexibility index (Phi) is 9.66. The number of phenolic OH excluding ortho intramolecular Hbond substituents is 1. The summed E-state index contributed by atoms with van der Waals surface area (Å²) < 4.78 is 5.21. The van der Waals surface area contributed by atoms with Gasteiger partial charge in [0.05, 0.1) is 6.42 Å². The largest absolute Gasteiger partial charge is 0.508 e. The van der Waals surface area contributed by atoms with Crippen LogP contribution in [0, 0.1) is 0 Å². The summed E-state index contributed by atoms with van der Waals surface area (Å²) in [6.07, 6.45) is 0.00493. The highest BCUT2D eigenvalue weighted by Crippen LogP contribution is 2.25. The zero-order valence-electron chi connectivity index (χ0n) is 20.7. The normalized spacial score (nSPS) is 13.2. The highest BCUT2D eigenvalue weighted by molar-refractivity contribution is 5.94. The van der Waals surface area contributed by atoms with Gasteiger partial charge in [-0.15, -0.1) is 6.58 Å². The number of nitrogens with two attached hydrogens (primary N) is 1. The molecule has 4 amide bonds. The van der Waals surface area contributed by atoms with Gasteiger partial charge in [-0.25, -0.2) is 4.79 Å². The number of nitrogens with zero attached hydrogens (tertiary/aromatic N) is 1. The Bertz CT molecular complexity index is 900. The van der Waals surface area contributed by atoms with Crippen molar-refractivity contribution in [3.8, 4) is 5.75 Å². The van der Waals surface area contributed by atoms with Crippen molar-refractivity contribution < 1.29 is 29.0 Å². The number of amides is 4. The van der Waals surface area contributed by atoms with Crippen LogP contribution in [0.25, 0.3) is 0 Å². The molecule has 10 heteroatoms. The van der Waals surface area contributed by atoms with Gasteiger partial charge in [-0.2, -0.15) is 0 Å². The van der Waals surface area contributed by atoms with Gasteiger partial charge >= 0.3 is 6.09 Å². The first-order valence-corrected chi connectivity index (χ1v) is 10.8. The fourth-order valence-electron chi connectivity index (χ4n) is 3.08. The van der Waals surface area contributed by atoms with Crippen molar-refractivity contribution in [3.05, 3.63) is 42.5 Å². The summed E-state index contributed by atoms with van der Waals surface area (Å²) in [5.41, 5.74) is 4.28. The number of alkyl carbamates (subject to hydrolysis) is 1. The van der Waals surface area contributed by atoms with Gasteiger partial charge in [-0.05, 0) is 59.2 Å². The standard InChI is InChI=1S/C24H36N4O6/c1-8-13-28(21(32)17(14-18(25)30)26-22(33)34-24(5,6)7)19(20(31)27-23(2,3)4)15-9-11-16(29)12-10-15/h8-12,17,19,29H,1,13-14H2,2-7H3,(H2,25,30)(H,26,33)(H,27,31). The second-order valence-corrected chi connectivity index (χ2v) is 9.88. The number of hydrogen-bond acceptors (Lipinski definition) is 6. The summed E-state index contributed by atoms with van der Waals surface area (Å²) in [6, 6.07) is 3.27. The molecule has 0 aliphatic heterocycles. The monoisotopic (exact) mass is 476 g/mol. The minimum absolute atomic E-state index is 0.0153. The molecule has 10 nitrogen and oxygen atoms in total. The molecule has 0 fully saturated rings. The average molecular weight is 477 g/mol. The molecule has 1 aromatic rings. The summed E-state index contributed by atoms with van der Waals surface area (Å²) in [5, 5.41) is 14.9. The summed E-state index contributed by atoms with van der Waals surface area (Å²) in [4.78, 5) is 52.1. The number of hydrogen-bond donors (Lipinski definition) is 4. The molecule has 188 valence electrons. The van der Waals surface area contributed by atoms with Gasteiger partial charge in [0.2, 0.25) is 17.7 Å². The predicted molar refractivity (Wildman–Crippen MR) is 128 cm³/mol. The molecule has 0 radical (unpaired) electrons. The van der Waals surface area contributed by atoms with E-state index < -0.39 is 53.5 Å². The lowest BCUT2D eigenvalue weighted by atomic mass is 10.00. The number of ether oxygens (including phenoxy) is 1. The lowest BCUT2D eigenvalue weighted by molar-refractivity contribution is -0.143. The molecule has 0 bridgehead atoms. The molecule has 5 N–H and O–H groups in total. The first kappa shape index (κ1) is 28.5. The maximum atomic E-state index is 13.6. The van der Waals surface area contributed by atoms with E-state index in [0.29, 0.717) is 5.56 Å². The SMILES string of the molecule is C=CCN(C(=O)C(CC(N)=O)NC(=O)OC(C)(C)C)C(C(=O)NC(C)(C)C)c1ccc(O)cc1. The van der Waals surface area contributed by atoms with E-state index in [9.17, 15) is 24.3 Å². The van der Waals surface area contributed by atoms with Crippen LogP contribution in [-0.4, -0.2) is 57.5 Å². The molecule has 0 heterocycles. The quantitative estimate of drug-likeness (QED) is 0.401. The van der Waals surface area contributed by atoms with Crippen molar-refractivity contribution in [2.75, 3.05) is 6.54 Å². The number of nitrogens with one attached hydrogen (secondary N) is 2. The van der Waals surface area contributed by atoms with E-state index >= 15 is 0 Å². The van der Waals surface area contributed by atoms with Gasteiger partial charge in [-0.1, -0.05) is 18.2 Å². The van der Waals surface area contributed by atoms with Crippen LogP contribution < -0.4 is 16.4 Å². The first-order chi connectivity index (χ1) is 15.5. The van der Waals surface area contributed by atoms with Gasteiger partial charge in [0, 0.05) is 12.1 Å². The molecule has 0 aliphatic rings. The Balaban J connectivity index is 3.46. The van der Waals surface area contributed by atoms with Crippen molar-refractivity contribution >= 4 is 23.8 Å². The Hall–Kier alpha value is -3.56. The van der Waals surface area contributed by atoms with Gasteiger partial charge in [0.15, 0.2) is 0 Å². The third-order valence-corrected chi connectivity index (χ3v) is 4.27. The molecule has 2 atom stereocenters. The number of phenols is 1. The Morgan fingerprint density at radius 3 is 2.12 bits per heavy atom.